The Kier molecular flexibility index (Phi) is 8.89. The van der Waals surface area contributed by atoms with Crippen molar-refractivity contribution in [2.75, 3.05) is 32.8 Å². The summed E-state index contributed by atoms with van der Waals surface area (Å²) in [5.74, 6) is -6.69. The molecule has 0 amide bonds. The molecule has 4 heterocycles. The van der Waals surface area contributed by atoms with Crippen molar-refractivity contribution in [3.05, 3.63) is 62.7 Å². The van der Waals surface area contributed by atoms with Gasteiger partial charge >= 0.3 is 11.9 Å². The van der Waals surface area contributed by atoms with Crippen LogP contribution in [0.1, 0.15) is 55.8 Å². The summed E-state index contributed by atoms with van der Waals surface area (Å²) in [7, 11) is 0. The number of benzene rings is 1. The minimum absolute atomic E-state index is 0.0195. The van der Waals surface area contributed by atoms with E-state index < -0.39 is 59.6 Å². The van der Waals surface area contributed by atoms with Gasteiger partial charge in [0.05, 0.1) is 30.2 Å². The lowest BCUT2D eigenvalue weighted by Crippen LogP contribution is -2.46. The maximum Gasteiger partial charge on any atom is 0.338 e. The Hall–Kier alpha value is -3.36. The minimum Gasteiger partial charge on any atom is -0.481 e. The average molecular weight is 638 g/mol. The van der Waals surface area contributed by atoms with Gasteiger partial charge in [-0.1, -0.05) is 6.07 Å². The van der Waals surface area contributed by atoms with Crippen molar-refractivity contribution in [3.8, 4) is 0 Å². The van der Waals surface area contributed by atoms with Crippen LogP contribution in [-0.2, 0) is 14.3 Å². The van der Waals surface area contributed by atoms with Crippen molar-refractivity contribution >= 4 is 29.1 Å². The van der Waals surface area contributed by atoms with Crippen molar-refractivity contribution in [1.82, 2.24) is 20.1 Å². The Bertz CT molecular complexity index is 1500. The quantitative estimate of drug-likeness (QED) is 0.289. The number of aromatic nitrogens is 1. The van der Waals surface area contributed by atoms with Crippen LogP contribution < -0.4 is 5.32 Å². The summed E-state index contributed by atoms with van der Waals surface area (Å²) < 4.78 is 65.5. The summed E-state index contributed by atoms with van der Waals surface area (Å²) in [5.41, 5.74) is -0.581. The minimum atomic E-state index is -3.10. The molecule has 3 unspecified atom stereocenters. The lowest BCUT2D eigenvalue weighted by Gasteiger charge is -2.31. The fraction of sp³-hybridized carbons (Fsp3) is 0.533. The van der Waals surface area contributed by atoms with Gasteiger partial charge in [0.25, 0.3) is 5.92 Å². The summed E-state index contributed by atoms with van der Waals surface area (Å²) in [6.45, 7) is 6.09. The van der Waals surface area contributed by atoms with E-state index in [-0.39, 0.29) is 54.3 Å². The molecule has 0 bridgehead atoms. The molecule has 3 atom stereocenters. The average Bonchev–Trinajstić information content (AvgIpc) is 3.70. The van der Waals surface area contributed by atoms with E-state index in [1.54, 1.807) is 42.1 Å². The SMILES string of the molecule is CCOC(=O)C1=C(CN2CC(F)(F)C3C2CCN3CCC(C)(C)C(=O)O)NC(c2nccs2)=NC1c1ccc(F)c(F)c1C. The molecular formula is C30H35F4N5O4S. The molecule has 0 spiro atoms. The van der Waals surface area contributed by atoms with E-state index in [4.69, 9.17) is 4.74 Å². The molecular weight excluding hydrogens is 602 g/mol. The Morgan fingerprint density at radius 3 is 2.66 bits per heavy atom. The molecule has 1 aromatic carbocycles. The number of rotatable bonds is 10. The summed E-state index contributed by atoms with van der Waals surface area (Å²) in [4.78, 5) is 37.4. The lowest BCUT2D eigenvalue weighted by molar-refractivity contribution is -0.147. The van der Waals surface area contributed by atoms with Gasteiger partial charge in [0.2, 0.25) is 0 Å². The van der Waals surface area contributed by atoms with E-state index >= 15 is 8.78 Å². The third-order valence-electron chi connectivity index (χ3n) is 8.68. The molecule has 238 valence electrons. The number of alkyl halides is 2. The van der Waals surface area contributed by atoms with E-state index in [9.17, 15) is 23.5 Å². The summed E-state index contributed by atoms with van der Waals surface area (Å²) in [6.07, 6.45) is 2.20. The zero-order chi connectivity index (χ0) is 32.0. The highest BCUT2D eigenvalue weighted by molar-refractivity contribution is 7.11. The van der Waals surface area contributed by atoms with Gasteiger partial charge in [-0.15, -0.1) is 11.3 Å². The first-order valence-corrected chi connectivity index (χ1v) is 15.3. The number of aliphatic carboxylic acids is 1. The molecule has 0 saturated carbocycles. The van der Waals surface area contributed by atoms with Crippen LogP contribution in [0.4, 0.5) is 17.6 Å². The van der Waals surface area contributed by atoms with Crippen LogP contribution in [-0.4, -0.2) is 88.5 Å². The van der Waals surface area contributed by atoms with Crippen molar-refractivity contribution in [2.45, 2.75) is 64.6 Å². The number of likely N-dealkylation sites (tertiary alicyclic amines) is 2. The van der Waals surface area contributed by atoms with Crippen molar-refractivity contribution in [1.29, 1.82) is 0 Å². The predicted octanol–water partition coefficient (Wildman–Crippen LogP) is 4.53. The Labute approximate surface area is 256 Å². The van der Waals surface area contributed by atoms with Gasteiger partial charge in [-0.2, -0.15) is 0 Å². The summed E-state index contributed by atoms with van der Waals surface area (Å²) in [6, 6.07) is -0.487. The number of carboxylic acid groups (broad SMARTS) is 1. The van der Waals surface area contributed by atoms with Crippen molar-refractivity contribution in [3.63, 3.8) is 0 Å². The van der Waals surface area contributed by atoms with Crippen LogP contribution >= 0.6 is 11.3 Å². The van der Waals surface area contributed by atoms with Crippen LogP contribution in [0, 0.1) is 24.0 Å². The number of carbonyl (C=O) groups is 2. The first kappa shape index (κ1) is 32.0. The van der Waals surface area contributed by atoms with E-state index in [1.165, 1.54) is 24.3 Å². The summed E-state index contributed by atoms with van der Waals surface area (Å²) in [5, 5.41) is 14.8. The van der Waals surface area contributed by atoms with E-state index in [2.05, 4.69) is 15.3 Å². The molecule has 9 nitrogen and oxygen atoms in total. The third kappa shape index (κ3) is 5.98. The predicted molar refractivity (Wildman–Crippen MR) is 156 cm³/mol. The van der Waals surface area contributed by atoms with Crippen molar-refractivity contribution < 1.29 is 37.0 Å². The number of hydrogen-bond donors (Lipinski definition) is 2. The van der Waals surface area contributed by atoms with Crippen LogP contribution in [0.15, 0.2) is 40.0 Å². The van der Waals surface area contributed by atoms with Gasteiger partial charge in [-0.25, -0.2) is 27.3 Å². The largest absolute Gasteiger partial charge is 0.481 e. The number of thiazole rings is 1. The van der Waals surface area contributed by atoms with E-state index in [0.29, 0.717) is 18.0 Å². The highest BCUT2D eigenvalue weighted by Crippen LogP contribution is 2.43. The number of aliphatic imine (C=N–C) groups is 1. The molecule has 0 aliphatic carbocycles. The number of nitrogens with one attached hydrogen (secondary N) is 1. The topological polar surface area (TPSA) is 107 Å². The first-order chi connectivity index (χ1) is 20.7. The maximum atomic E-state index is 15.6. The molecule has 2 fully saturated rings. The number of carboxylic acids is 1. The van der Waals surface area contributed by atoms with Crippen LogP contribution in [0.25, 0.3) is 0 Å². The lowest BCUT2D eigenvalue weighted by atomic mass is 9.89. The normalized spacial score (nSPS) is 23.8. The number of esters is 1. The molecule has 2 aromatic rings. The number of amidine groups is 1. The summed E-state index contributed by atoms with van der Waals surface area (Å²) >= 11 is 1.27. The Morgan fingerprint density at radius 2 is 2.00 bits per heavy atom. The highest BCUT2D eigenvalue weighted by Gasteiger charge is 2.59. The second-order valence-corrected chi connectivity index (χ2v) is 12.9. The highest BCUT2D eigenvalue weighted by atomic mass is 32.1. The first-order valence-electron chi connectivity index (χ1n) is 14.4. The maximum absolute atomic E-state index is 15.6. The Morgan fingerprint density at radius 1 is 1.25 bits per heavy atom. The van der Waals surface area contributed by atoms with Gasteiger partial charge in [0.15, 0.2) is 22.5 Å². The molecule has 3 aliphatic heterocycles. The zero-order valence-electron chi connectivity index (χ0n) is 24.9. The molecule has 44 heavy (non-hydrogen) atoms. The molecule has 1 aromatic heterocycles. The number of fused-ring (bicyclic) bond motifs is 1. The van der Waals surface area contributed by atoms with Crippen LogP contribution in [0.2, 0.25) is 0 Å². The molecule has 3 aliphatic rings. The second-order valence-electron chi connectivity index (χ2n) is 12.0. The number of ether oxygens (including phenoxy) is 1. The number of nitrogens with zero attached hydrogens (tertiary/aromatic N) is 4. The molecule has 2 saturated heterocycles. The second kappa shape index (κ2) is 12.2. The standard InChI is InChI=1S/C30H35F4N5O4S/c1-5-43-27(40)21-19(14-39-15-30(33,34)24-20(39)8-11-38(24)12-9-29(3,4)28(41)42)36-25(26-35-10-13-44-26)37-23(21)17-6-7-18(31)22(32)16(17)2/h6-7,10,13,20,23-24H,5,8-9,11-12,14-15H2,1-4H3,(H,36,37)(H,41,42). The fourth-order valence-electron chi connectivity index (χ4n) is 6.21. The number of carbonyl (C=O) groups excluding carboxylic acids is 1. The molecule has 2 N–H and O–H groups in total. The Balaban J connectivity index is 1.52. The zero-order valence-corrected chi connectivity index (χ0v) is 25.7. The molecule has 14 heteroatoms. The van der Waals surface area contributed by atoms with E-state index in [0.717, 1.165) is 6.07 Å². The molecule has 5 rings (SSSR count). The monoisotopic (exact) mass is 637 g/mol. The smallest absolute Gasteiger partial charge is 0.338 e. The third-order valence-corrected chi connectivity index (χ3v) is 9.46. The molecule has 0 radical (unpaired) electrons. The van der Waals surface area contributed by atoms with Gasteiger partial charge in [0.1, 0.15) is 6.04 Å². The van der Waals surface area contributed by atoms with Gasteiger partial charge in [0, 0.05) is 36.4 Å². The fourth-order valence-corrected chi connectivity index (χ4v) is 6.80. The number of halogens is 4. The van der Waals surface area contributed by atoms with Gasteiger partial charge < -0.3 is 15.2 Å². The van der Waals surface area contributed by atoms with Gasteiger partial charge in [-0.05, 0) is 64.3 Å². The van der Waals surface area contributed by atoms with Crippen LogP contribution in [0.5, 0.6) is 0 Å². The van der Waals surface area contributed by atoms with E-state index in [1.807, 2.05) is 0 Å². The number of hydrogen-bond acceptors (Lipinski definition) is 9. The van der Waals surface area contributed by atoms with Crippen LogP contribution in [0.3, 0.4) is 0 Å². The van der Waals surface area contributed by atoms with Gasteiger partial charge in [-0.3, -0.25) is 19.6 Å². The van der Waals surface area contributed by atoms with Crippen molar-refractivity contribution in [2.24, 2.45) is 10.4 Å².